The minimum absolute atomic E-state index is 0.0575. The van der Waals surface area contributed by atoms with E-state index in [0.29, 0.717) is 13.1 Å². The van der Waals surface area contributed by atoms with Crippen LogP contribution in [0.25, 0.3) is 0 Å². The smallest absolute Gasteiger partial charge is 0.276 e. The number of nitrogens with one attached hydrogen (secondary N) is 2. The van der Waals surface area contributed by atoms with E-state index in [1.807, 2.05) is 0 Å². The second-order valence-electron chi connectivity index (χ2n) is 7.42. The van der Waals surface area contributed by atoms with Crippen LogP contribution in [0.3, 0.4) is 0 Å². The summed E-state index contributed by atoms with van der Waals surface area (Å²) in [4.78, 5) is 13.2. The predicted molar refractivity (Wildman–Crippen MR) is 95.6 cm³/mol. The molecule has 1 saturated carbocycles. The van der Waals surface area contributed by atoms with E-state index in [1.165, 1.54) is 22.5 Å². The molecule has 1 heterocycles. The fraction of sp³-hybridized carbons (Fsp3) is 0.556. The number of amides is 1. The third kappa shape index (κ3) is 4.46. The molecule has 146 valence electrons. The summed E-state index contributed by atoms with van der Waals surface area (Å²) in [5, 5.41) is 12.2. The summed E-state index contributed by atoms with van der Waals surface area (Å²) in [7, 11) is -3.74. The molecule has 1 aromatic rings. The molecule has 0 aromatic heterocycles. The number of carbonyl (C=O) groups excluding carboxylic acids is 1. The molecule has 1 amide bonds. The fourth-order valence-corrected chi connectivity index (χ4v) is 4.91. The zero-order valence-corrected chi connectivity index (χ0v) is 16.1. The molecule has 9 heteroatoms. The highest BCUT2D eigenvalue weighted by Crippen LogP contribution is 2.39. The topological polar surface area (TPSA) is 94.7 Å². The number of hydrogen-bond acceptors (Lipinski definition) is 4. The first-order chi connectivity index (χ1) is 12.7. The van der Waals surface area contributed by atoms with Gasteiger partial charge in [-0.1, -0.05) is 6.07 Å². The molecule has 0 bridgehead atoms. The molecule has 2 fully saturated rings. The number of benzene rings is 1. The SMILES string of the molecule is C[C@@](C#N)(NC(=O)C[NH+]1CCN(S(=O)(=O)c2cccc(F)c2)CC1)C1CC1. The van der Waals surface area contributed by atoms with Crippen LogP contribution in [0.1, 0.15) is 19.8 Å². The van der Waals surface area contributed by atoms with Gasteiger partial charge in [-0.3, -0.25) is 4.79 Å². The molecule has 0 spiro atoms. The summed E-state index contributed by atoms with van der Waals surface area (Å²) in [6, 6.07) is 7.18. The van der Waals surface area contributed by atoms with E-state index in [1.54, 1.807) is 6.92 Å². The molecule has 1 saturated heterocycles. The maximum absolute atomic E-state index is 13.3. The van der Waals surface area contributed by atoms with Gasteiger partial charge in [0, 0.05) is 0 Å². The number of piperazine rings is 1. The van der Waals surface area contributed by atoms with Gasteiger partial charge in [0.25, 0.3) is 5.91 Å². The van der Waals surface area contributed by atoms with Crippen LogP contribution in [0.2, 0.25) is 0 Å². The molecular weight excluding hydrogens is 371 g/mol. The van der Waals surface area contributed by atoms with Crippen LogP contribution in [-0.4, -0.2) is 56.9 Å². The van der Waals surface area contributed by atoms with Crippen LogP contribution < -0.4 is 10.2 Å². The largest absolute Gasteiger partial charge is 0.333 e. The third-order valence-electron chi connectivity index (χ3n) is 5.30. The summed E-state index contributed by atoms with van der Waals surface area (Å²) in [6.07, 6.45) is 1.90. The lowest BCUT2D eigenvalue weighted by atomic mass is 9.98. The Balaban J connectivity index is 1.54. The molecule has 1 aliphatic heterocycles. The van der Waals surface area contributed by atoms with Gasteiger partial charge in [-0.15, -0.1) is 0 Å². The average molecular weight is 395 g/mol. The van der Waals surface area contributed by atoms with Crippen molar-refractivity contribution in [3.05, 3.63) is 30.1 Å². The van der Waals surface area contributed by atoms with E-state index >= 15 is 0 Å². The molecule has 27 heavy (non-hydrogen) atoms. The van der Waals surface area contributed by atoms with Gasteiger partial charge < -0.3 is 10.2 Å². The highest BCUT2D eigenvalue weighted by molar-refractivity contribution is 7.89. The molecule has 1 atom stereocenters. The van der Waals surface area contributed by atoms with Crippen molar-refractivity contribution in [1.29, 1.82) is 5.26 Å². The summed E-state index contributed by atoms with van der Waals surface area (Å²) in [6.45, 7) is 3.45. The summed E-state index contributed by atoms with van der Waals surface area (Å²) in [5.41, 5.74) is -0.820. The van der Waals surface area contributed by atoms with Gasteiger partial charge in [-0.25, -0.2) is 12.8 Å². The third-order valence-corrected chi connectivity index (χ3v) is 7.19. The summed E-state index contributed by atoms with van der Waals surface area (Å²) >= 11 is 0. The normalized spacial score (nSPS) is 21.2. The van der Waals surface area contributed by atoms with Crippen molar-refractivity contribution in [3.8, 4) is 6.07 Å². The van der Waals surface area contributed by atoms with Crippen molar-refractivity contribution in [3.63, 3.8) is 0 Å². The van der Waals surface area contributed by atoms with Crippen molar-refractivity contribution in [1.82, 2.24) is 9.62 Å². The van der Waals surface area contributed by atoms with Gasteiger partial charge in [-0.2, -0.15) is 9.57 Å². The maximum Gasteiger partial charge on any atom is 0.276 e. The quantitative estimate of drug-likeness (QED) is 0.681. The molecule has 1 aliphatic carbocycles. The number of carbonyl (C=O) groups is 1. The Kier molecular flexibility index (Phi) is 5.51. The number of sulfonamides is 1. The van der Waals surface area contributed by atoms with Crippen molar-refractivity contribution in [2.24, 2.45) is 5.92 Å². The molecule has 0 radical (unpaired) electrons. The second-order valence-corrected chi connectivity index (χ2v) is 9.36. The minimum atomic E-state index is -3.74. The Morgan fingerprint density at radius 2 is 2.07 bits per heavy atom. The van der Waals surface area contributed by atoms with Gasteiger partial charge in [0.15, 0.2) is 6.54 Å². The highest BCUT2D eigenvalue weighted by atomic mass is 32.2. The minimum Gasteiger partial charge on any atom is -0.333 e. The van der Waals surface area contributed by atoms with Crippen LogP contribution in [0.4, 0.5) is 4.39 Å². The average Bonchev–Trinajstić information content (AvgIpc) is 3.47. The first-order valence-electron chi connectivity index (χ1n) is 9.06. The van der Waals surface area contributed by atoms with E-state index in [2.05, 4.69) is 11.4 Å². The lowest BCUT2D eigenvalue weighted by molar-refractivity contribution is -0.895. The number of hydrogen-bond donors (Lipinski definition) is 2. The van der Waals surface area contributed by atoms with E-state index < -0.39 is 21.4 Å². The fourth-order valence-electron chi connectivity index (χ4n) is 3.44. The first-order valence-corrected chi connectivity index (χ1v) is 10.5. The Morgan fingerprint density at radius 3 is 2.63 bits per heavy atom. The van der Waals surface area contributed by atoms with Gasteiger partial charge in [-0.05, 0) is 43.9 Å². The summed E-state index contributed by atoms with van der Waals surface area (Å²) in [5.74, 6) is -0.565. The molecule has 1 aromatic carbocycles. The zero-order chi connectivity index (χ0) is 19.7. The molecule has 3 rings (SSSR count). The summed E-state index contributed by atoms with van der Waals surface area (Å²) < 4.78 is 39.9. The van der Waals surface area contributed by atoms with Crippen molar-refractivity contribution in [2.45, 2.75) is 30.2 Å². The lowest BCUT2D eigenvalue weighted by Gasteiger charge is -2.32. The van der Waals surface area contributed by atoms with Crippen LogP contribution in [0.5, 0.6) is 0 Å². The van der Waals surface area contributed by atoms with E-state index in [-0.39, 0.29) is 36.4 Å². The van der Waals surface area contributed by atoms with Crippen LogP contribution >= 0.6 is 0 Å². The molecule has 0 unspecified atom stereocenters. The standard InChI is InChI=1S/C18H23FN4O3S/c1-18(13-20,14-5-6-14)21-17(24)12-22-7-9-23(10-8-22)27(25,26)16-4-2-3-15(19)11-16/h2-4,11,14H,5-10,12H2,1H3,(H,21,24)/p+1/t18-/m0/s1. The number of quaternary nitrogens is 1. The van der Waals surface area contributed by atoms with Crippen molar-refractivity contribution < 1.29 is 22.5 Å². The maximum atomic E-state index is 13.3. The molecular formula is C18H24FN4O3S+. The van der Waals surface area contributed by atoms with E-state index in [4.69, 9.17) is 0 Å². The van der Waals surface area contributed by atoms with E-state index in [9.17, 15) is 22.9 Å². The first kappa shape index (κ1) is 19.7. The monoisotopic (exact) mass is 395 g/mol. The lowest BCUT2D eigenvalue weighted by Crippen LogP contribution is -3.16. The Bertz CT molecular complexity index is 858. The second kappa shape index (κ2) is 7.54. The van der Waals surface area contributed by atoms with Gasteiger partial charge >= 0.3 is 0 Å². The van der Waals surface area contributed by atoms with E-state index in [0.717, 1.165) is 23.8 Å². The van der Waals surface area contributed by atoms with Gasteiger partial charge in [0.1, 0.15) is 11.4 Å². The van der Waals surface area contributed by atoms with Crippen LogP contribution in [0.15, 0.2) is 29.2 Å². The van der Waals surface area contributed by atoms with Crippen LogP contribution in [0, 0.1) is 23.1 Å². The Hall–Kier alpha value is -2.02. The number of halogens is 1. The van der Waals surface area contributed by atoms with Gasteiger partial charge in [0.2, 0.25) is 10.0 Å². The molecule has 2 N–H and O–H groups in total. The van der Waals surface area contributed by atoms with Crippen molar-refractivity contribution in [2.75, 3.05) is 32.7 Å². The van der Waals surface area contributed by atoms with Crippen molar-refractivity contribution >= 4 is 15.9 Å². The van der Waals surface area contributed by atoms with Crippen LogP contribution in [-0.2, 0) is 14.8 Å². The number of nitriles is 1. The predicted octanol–water partition coefficient (Wildman–Crippen LogP) is -0.477. The molecule has 7 nitrogen and oxygen atoms in total. The molecule has 2 aliphatic rings. The van der Waals surface area contributed by atoms with Gasteiger partial charge in [0.05, 0.1) is 37.1 Å². The highest BCUT2D eigenvalue weighted by Gasteiger charge is 2.43. The number of nitrogens with zero attached hydrogens (tertiary/aromatic N) is 2. The number of rotatable bonds is 6. The Morgan fingerprint density at radius 1 is 1.41 bits per heavy atom. The Labute approximate surface area is 158 Å². The zero-order valence-electron chi connectivity index (χ0n) is 15.2.